The van der Waals surface area contributed by atoms with E-state index in [-0.39, 0.29) is 5.83 Å². The fraction of sp³-hybridized carbons (Fsp3) is 0.200. The van der Waals surface area contributed by atoms with E-state index in [1.807, 2.05) is 13.0 Å². The van der Waals surface area contributed by atoms with E-state index in [9.17, 15) is 4.79 Å². The molecule has 128 valence electrons. The average Bonchev–Trinajstić information content (AvgIpc) is 2.66. The lowest BCUT2D eigenvalue weighted by molar-refractivity contribution is -0.105. The molecule has 0 fully saturated rings. The first-order valence-electron chi connectivity index (χ1n) is 8.06. The fourth-order valence-electron chi connectivity index (χ4n) is 2.48. The Morgan fingerprint density at radius 1 is 1.24 bits per heavy atom. The van der Waals surface area contributed by atoms with Crippen molar-refractivity contribution in [1.82, 2.24) is 0 Å². The summed E-state index contributed by atoms with van der Waals surface area (Å²) in [6.07, 6.45) is 1.44. The van der Waals surface area contributed by atoms with Crippen LogP contribution in [0.3, 0.4) is 0 Å². The Kier molecular flexibility index (Phi) is 6.30. The predicted octanol–water partition coefficient (Wildman–Crippen LogP) is 4.81. The average molecular weight is 337 g/mol. The second-order valence-corrected chi connectivity index (χ2v) is 5.55. The summed E-state index contributed by atoms with van der Waals surface area (Å²) in [4.78, 5) is 10.8. The monoisotopic (exact) mass is 337 g/mol. The number of nitriles is 1. The summed E-state index contributed by atoms with van der Waals surface area (Å²) in [6.45, 7) is 4.37. The number of rotatable bonds is 7. The second kappa shape index (κ2) is 8.65. The Labute approximate surface area is 147 Å². The minimum absolute atomic E-state index is 0.377. The highest BCUT2D eigenvalue weighted by Gasteiger charge is 2.15. The smallest absolute Gasteiger partial charge is 0.211 e. The van der Waals surface area contributed by atoms with Crippen LogP contribution in [-0.4, -0.2) is 13.0 Å². The number of nitrogens with one attached hydrogen (secondary N) is 2. The molecule has 0 saturated heterocycles. The number of halogens is 1. The molecule has 0 aliphatic carbocycles. The number of hydrogen-bond acceptors (Lipinski definition) is 3. The third-order valence-electron chi connectivity index (χ3n) is 3.84. The molecule has 0 aliphatic heterocycles. The summed E-state index contributed by atoms with van der Waals surface area (Å²) in [6, 6.07) is 13.9. The Bertz CT molecular complexity index is 820. The molecule has 0 atom stereocenters. The van der Waals surface area contributed by atoms with Crippen LogP contribution in [0.2, 0.25) is 0 Å². The lowest BCUT2D eigenvalue weighted by Gasteiger charge is -2.16. The van der Waals surface area contributed by atoms with Crippen molar-refractivity contribution in [3.05, 3.63) is 59.2 Å². The maximum absolute atomic E-state index is 15.2. The van der Waals surface area contributed by atoms with E-state index in [4.69, 9.17) is 5.26 Å². The van der Waals surface area contributed by atoms with Crippen molar-refractivity contribution in [3.63, 3.8) is 0 Å². The molecule has 2 aromatic rings. The highest BCUT2D eigenvalue weighted by Crippen LogP contribution is 2.36. The molecule has 0 radical (unpaired) electrons. The number of allylic oxidation sites excluding steroid dienone is 1. The summed E-state index contributed by atoms with van der Waals surface area (Å²) in [7, 11) is 0. The zero-order chi connectivity index (χ0) is 18.2. The van der Waals surface area contributed by atoms with Crippen LogP contribution in [0.4, 0.5) is 15.8 Å². The van der Waals surface area contributed by atoms with Gasteiger partial charge >= 0.3 is 0 Å². The Balaban J connectivity index is 2.51. The maximum Gasteiger partial charge on any atom is 0.211 e. The number of benzene rings is 2. The van der Waals surface area contributed by atoms with Gasteiger partial charge in [-0.2, -0.15) is 5.26 Å². The van der Waals surface area contributed by atoms with Gasteiger partial charge in [0.05, 0.1) is 23.0 Å². The van der Waals surface area contributed by atoms with Crippen LogP contribution >= 0.6 is 0 Å². The summed E-state index contributed by atoms with van der Waals surface area (Å²) >= 11 is 0. The number of anilines is 2. The van der Waals surface area contributed by atoms with Crippen LogP contribution in [0, 0.1) is 11.3 Å². The Hall–Kier alpha value is -3.13. The Morgan fingerprint density at radius 2 is 1.96 bits per heavy atom. The van der Waals surface area contributed by atoms with Crippen molar-refractivity contribution in [2.75, 3.05) is 17.2 Å². The number of hydrogen-bond donors (Lipinski definition) is 2. The molecule has 0 heterocycles. The van der Waals surface area contributed by atoms with Gasteiger partial charge in [0.1, 0.15) is 5.83 Å². The molecule has 4 nitrogen and oxygen atoms in total. The van der Waals surface area contributed by atoms with E-state index in [1.165, 1.54) is 0 Å². The first-order chi connectivity index (χ1) is 12.1. The van der Waals surface area contributed by atoms with Crippen molar-refractivity contribution in [1.29, 1.82) is 5.26 Å². The molecule has 5 heteroatoms. The minimum atomic E-state index is -0.377. The molecule has 0 aromatic heterocycles. The lowest BCUT2D eigenvalue weighted by Crippen LogP contribution is -2.07. The van der Waals surface area contributed by atoms with Gasteiger partial charge in [-0.25, -0.2) is 4.39 Å². The van der Waals surface area contributed by atoms with Gasteiger partial charge in [-0.15, -0.1) is 0 Å². The molecule has 0 spiro atoms. The van der Waals surface area contributed by atoms with Crippen LogP contribution in [0.15, 0.2) is 42.5 Å². The molecule has 0 saturated carbocycles. The highest BCUT2D eigenvalue weighted by molar-refractivity contribution is 5.94. The largest absolute Gasteiger partial charge is 0.383 e. The summed E-state index contributed by atoms with van der Waals surface area (Å²) < 4.78 is 15.2. The third-order valence-corrected chi connectivity index (χ3v) is 3.84. The van der Waals surface area contributed by atoms with Crippen LogP contribution in [0.1, 0.15) is 37.0 Å². The van der Waals surface area contributed by atoms with E-state index in [0.29, 0.717) is 46.6 Å². The van der Waals surface area contributed by atoms with Gasteiger partial charge in [0, 0.05) is 12.1 Å². The molecular formula is C20H20FN3O. The molecule has 2 rings (SSSR count). The maximum atomic E-state index is 15.2. The van der Waals surface area contributed by atoms with Crippen molar-refractivity contribution < 1.29 is 9.18 Å². The molecular weight excluding hydrogens is 317 g/mol. The number of carbonyl (C=O) groups is 1. The molecule has 0 aliphatic rings. The van der Waals surface area contributed by atoms with Gasteiger partial charge in [-0.05, 0) is 48.7 Å². The van der Waals surface area contributed by atoms with Crippen molar-refractivity contribution in [2.24, 2.45) is 0 Å². The number of amides is 1. The van der Waals surface area contributed by atoms with Gasteiger partial charge in [-0.3, -0.25) is 4.79 Å². The summed E-state index contributed by atoms with van der Waals surface area (Å²) in [5, 5.41) is 14.7. The zero-order valence-corrected chi connectivity index (χ0v) is 14.3. The topological polar surface area (TPSA) is 64.9 Å². The summed E-state index contributed by atoms with van der Waals surface area (Å²) in [5.74, 6) is -0.377. The van der Waals surface area contributed by atoms with E-state index in [1.54, 1.807) is 49.4 Å². The molecule has 25 heavy (non-hydrogen) atoms. The quantitative estimate of drug-likeness (QED) is 0.563. The standard InChI is InChI=1S/C20H20FN3O/c1-3-11-23-20-17(5-4-6-18(20)24-13-25)19(21)14(2)16-9-7-15(12-22)8-10-16/h4-10,13,23H,3,11H2,1-2H3,(H,24,25)/b19-14-. The third kappa shape index (κ3) is 4.24. The van der Waals surface area contributed by atoms with Crippen LogP contribution in [-0.2, 0) is 4.79 Å². The van der Waals surface area contributed by atoms with E-state index in [2.05, 4.69) is 10.6 Å². The first kappa shape index (κ1) is 18.2. The Morgan fingerprint density at radius 3 is 2.56 bits per heavy atom. The van der Waals surface area contributed by atoms with Gasteiger partial charge in [0.25, 0.3) is 0 Å². The zero-order valence-electron chi connectivity index (χ0n) is 14.3. The molecule has 1 amide bonds. The van der Waals surface area contributed by atoms with E-state index >= 15 is 4.39 Å². The first-order valence-corrected chi connectivity index (χ1v) is 8.06. The van der Waals surface area contributed by atoms with Gasteiger partial charge in [0.2, 0.25) is 6.41 Å². The molecule has 2 aromatic carbocycles. The van der Waals surface area contributed by atoms with Gasteiger partial charge in [-0.1, -0.05) is 25.1 Å². The lowest BCUT2D eigenvalue weighted by atomic mass is 10.0. The van der Waals surface area contributed by atoms with Gasteiger partial charge in [0.15, 0.2) is 0 Å². The highest BCUT2D eigenvalue weighted by atomic mass is 19.1. The van der Waals surface area contributed by atoms with E-state index in [0.717, 1.165) is 6.42 Å². The fourth-order valence-corrected chi connectivity index (χ4v) is 2.48. The molecule has 0 bridgehead atoms. The van der Waals surface area contributed by atoms with Crippen LogP contribution < -0.4 is 10.6 Å². The van der Waals surface area contributed by atoms with Crippen molar-refractivity contribution in [2.45, 2.75) is 20.3 Å². The van der Waals surface area contributed by atoms with Gasteiger partial charge < -0.3 is 10.6 Å². The normalized spacial score (nSPS) is 11.3. The van der Waals surface area contributed by atoms with E-state index < -0.39 is 0 Å². The minimum Gasteiger partial charge on any atom is -0.383 e. The van der Waals surface area contributed by atoms with Crippen molar-refractivity contribution >= 4 is 29.2 Å². The number of para-hydroxylation sites is 1. The summed E-state index contributed by atoms with van der Waals surface area (Å²) in [5.41, 5.74) is 3.17. The predicted molar refractivity (Wildman–Crippen MR) is 99.7 cm³/mol. The van der Waals surface area contributed by atoms with Crippen LogP contribution in [0.5, 0.6) is 0 Å². The van der Waals surface area contributed by atoms with Crippen molar-refractivity contribution in [3.8, 4) is 6.07 Å². The molecule has 0 unspecified atom stereocenters. The van der Waals surface area contributed by atoms with Crippen LogP contribution in [0.25, 0.3) is 11.4 Å². The molecule has 2 N–H and O–H groups in total. The number of carbonyl (C=O) groups excluding carboxylic acids is 1. The SMILES string of the molecule is CCCNc1c(NC=O)cccc1/C(F)=C(\C)c1ccc(C#N)cc1. The number of nitrogens with zero attached hydrogens (tertiary/aromatic N) is 1. The second-order valence-electron chi connectivity index (χ2n) is 5.55.